The van der Waals surface area contributed by atoms with Gasteiger partial charge in [0.15, 0.2) is 0 Å². The van der Waals surface area contributed by atoms with Crippen LogP contribution >= 0.6 is 0 Å². The van der Waals surface area contributed by atoms with Gasteiger partial charge in [0.2, 0.25) is 0 Å². The van der Waals surface area contributed by atoms with Crippen LogP contribution in [0.3, 0.4) is 0 Å². The predicted molar refractivity (Wildman–Crippen MR) is 107 cm³/mol. The summed E-state index contributed by atoms with van der Waals surface area (Å²) in [4.78, 5) is 17.1. The van der Waals surface area contributed by atoms with Crippen molar-refractivity contribution in [3.8, 4) is 16.9 Å². The largest absolute Gasteiger partial charge is 0.497 e. The normalized spacial score (nSPS) is 15.0. The number of hydrogen-bond acceptors (Lipinski definition) is 4. The predicted octanol–water partition coefficient (Wildman–Crippen LogP) is 3.07. The molecule has 144 valence electrons. The highest BCUT2D eigenvalue weighted by Gasteiger charge is 2.21. The van der Waals surface area contributed by atoms with Crippen molar-refractivity contribution >= 4 is 5.91 Å². The summed E-state index contributed by atoms with van der Waals surface area (Å²) in [6, 6.07) is 14.0. The van der Waals surface area contributed by atoms with E-state index in [0.29, 0.717) is 0 Å². The third-order valence-electron chi connectivity index (χ3n) is 5.15. The van der Waals surface area contributed by atoms with E-state index in [1.807, 2.05) is 41.3 Å². The van der Waals surface area contributed by atoms with E-state index in [-0.39, 0.29) is 5.91 Å². The summed E-state index contributed by atoms with van der Waals surface area (Å²) in [7, 11) is 3.39. The standard InChI is InChI=1S/C22H28N2O3/c1-17-16-20(27-3)8-9-21(17)18-4-6-19(7-5-18)22(25)24-12-10-23(11-13-24)14-15-26-2/h4-9,16H,10-15H2,1-3H3. The highest BCUT2D eigenvalue weighted by molar-refractivity contribution is 5.94. The molecule has 0 N–H and O–H groups in total. The monoisotopic (exact) mass is 368 g/mol. The van der Waals surface area contributed by atoms with Gasteiger partial charge in [-0.3, -0.25) is 9.69 Å². The molecule has 0 aliphatic carbocycles. The fourth-order valence-electron chi connectivity index (χ4n) is 3.46. The Morgan fingerprint density at radius 2 is 1.70 bits per heavy atom. The molecule has 0 bridgehead atoms. The van der Waals surface area contributed by atoms with E-state index < -0.39 is 0 Å². The Morgan fingerprint density at radius 1 is 1.00 bits per heavy atom. The zero-order valence-corrected chi connectivity index (χ0v) is 16.4. The third-order valence-corrected chi connectivity index (χ3v) is 5.15. The number of benzene rings is 2. The molecule has 5 nitrogen and oxygen atoms in total. The zero-order valence-electron chi connectivity index (χ0n) is 16.4. The van der Waals surface area contributed by atoms with Crippen molar-refractivity contribution < 1.29 is 14.3 Å². The maximum Gasteiger partial charge on any atom is 0.253 e. The molecule has 1 amide bonds. The van der Waals surface area contributed by atoms with Gasteiger partial charge in [-0.2, -0.15) is 0 Å². The molecule has 1 heterocycles. The molecule has 0 unspecified atom stereocenters. The Hall–Kier alpha value is -2.37. The Morgan fingerprint density at radius 3 is 2.30 bits per heavy atom. The second kappa shape index (κ2) is 9.02. The molecule has 2 aromatic carbocycles. The molecule has 0 saturated carbocycles. The second-order valence-corrected chi connectivity index (χ2v) is 6.88. The molecular formula is C22H28N2O3. The quantitative estimate of drug-likeness (QED) is 0.786. The molecule has 0 radical (unpaired) electrons. The molecule has 1 aliphatic heterocycles. The zero-order chi connectivity index (χ0) is 19.2. The van der Waals surface area contributed by atoms with Crippen LogP contribution in [0.2, 0.25) is 0 Å². The van der Waals surface area contributed by atoms with Crippen molar-refractivity contribution in [3.05, 3.63) is 53.6 Å². The number of methoxy groups -OCH3 is 2. The number of rotatable bonds is 6. The van der Waals surface area contributed by atoms with Crippen molar-refractivity contribution in [1.82, 2.24) is 9.80 Å². The van der Waals surface area contributed by atoms with Crippen molar-refractivity contribution in [2.75, 3.05) is 53.6 Å². The molecular weight excluding hydrogens is 340 g/mol. The van der Waals surface area contributed by atoms with Gasteiger partial charge in [-0.15, -0.1) is 0 Å². The van der Waals surface area contributed by atoms with Crippen LogP contribution in [-0.4, -0.2) is 69.3 Å². The number of amides is 1. The van der Waals surface area contributed by atoms with Crippen LogP contribution in [-0.2, 0) is 4.74 Å². The lowest BCUT2D eigenvalue weighted by Gasteiger charge is -2.34. The minimum absolute atomic E-state index is 0.111. The van der Waals surface area contributed by atoms with Gasteiger partial charge in [-0.1, -0.05) is 18.2 Å². The molecule has 0 atom stereocenters. The summed E-state index contributed by atoms with van der Waals surface area (Å²) >= 11 is 0. The van der Waals surface area contributed by atoms with Crippen LogP contribution in [0.4, 0.5) is 0 Å². The summed E-state index contributed by atoms with van der Waals surface area (Å²) in [5.74, 6) is 0.965. The number of ether oxygens (including phenoxy) is 2. The molecule has 3 rings (SSSR count). The first kappa shape index (κ1) is 19.4. The van der Waals surface area contributed by atoms with Gasteiger partial charge in [0, 0.05) is 45.4 Å². The van der Waals surface area contributed by atoms with Gasteiger partial charge < -0.3 is 14.4 Å². The summed E-state index contributed by atoms with van der Waals surface area (Å²) in [6.45, 7) is 7.06. The smallest absolute Gasteiger partial charge is 0.253 e. The summed E-state index contributed by atoms with van der Waals surface area (Å²) in [6.07, 6.45) is 0. The molecule has 27 heavy (non-hydrogen) atoms. The molecule has 2 aromatic rings. The first-order valence-electron chi connectivity index (χ1n) is 9.38. The van der Waals surface area contributed by atoms with Crippen LogP contribution in [0.5, 0.6) is 5.75 Å². The van der Waals surface area contributed by atoms with Gasteiger partial charge in [-0.25, -0.2) is 0 Å². The number of aryl methyl sites for hydroxylation is 1. The van der Waals surface area contributed by atoms with Crippen LogP contribution in [0.1, 0.15) is 15.9 Å². The first-order valence-corrected chi connectivity index (χ1v) is 9.38. The van der Waals surface area contributed by atoms with E-state index in [4.69, 9.17) is 9.47 Å². The SMILES string of the molecule is COCCN1CCN(C(=O)c2ccc(-c3ccc(OC)cc3C)cc2)CC1. The number of carbonyl (C=O) groups excluding carboxylic acids is 1. The average Bonchev–Trinajstić information content (AvgIpc) is 2.72. The van der Waals surface area contributed by atoms with E-state index in [0.717, 1.165) is 67.3 Å². The Labute approximate surface area is 161 Å². The minimum atomic E-state index is 0.111. The maximum absolute atomic E-state index is 12.8. The van der Waals surface area contributed by atoms with E-state index in [1.165, 1.54) is 0 Å². The average molecular weight is 368 g/mol. The van der Waals surface area contributed by atoms with Crippen LogP contribution in [0.25, 0.3) is 11.1 Å². The van der Waals surface area contributed by atoms with Crippen molar-refractivity contribution in [2.45, 2.75) is 6.92 Å². The maximum atomic E-state index is 12.8. The molecule has 1 saturated heterocycles. The molecule has 5 heteroatoms. The van der Waals surface area contributed by atoms with Crippen molar-refractivity contribution in [1.29, 1.82) is 0 Å². The molecule has 0 spiro atoms. The van der Waals surface area contributed by atoms with Gasteiger partial charge >= 0.3 is 0 Å². The van der Waals surface area contributed by atoms with E-state index in [2.05, 4.69) is 17.9 Å². The number of piperazine rings is 1. The molecule has 1 fully saturated rings. The number of carbonyl (C=O) groups is 1. The number of nitrogens with zero attached hydrogens (tertiary/aromatic N) is 2. The third kappa shape index (κ3) is 4.67. The van der Waals surface area contributed by atoms with E-state index >= 15 is 0 Å². The van der Waals surface area contributed by atoms with Gasteiger partial charge in [-0.05, 0) is 47.9 Å². The first-order chi connectivity index (χ1) is 13.1. The summed E-state index contributed by atoms with van der Waals surface area (Å²) < 4.78 is 10.4. The summed E-state index contributed by atoms with van der Waals surface area (Å²) in [5, 5.41) is 0. The Kier molecular flexibility index (Phi) is 6.48. The van der Waals surface area contributed by atoms with Gasteiger partial charge in [0.25, 0.3) is 5.91 Å². The van der Waals surface area contributed by atoms with Gasteiger partial charge in [0.1, 0.15) is 5.75 Å². The number of hydrogen-bond donors (Lipinski definition) is 0. The van der Waals surface area contributed by atoms with Crippen LogP contribution in [0.15, 0.2) is 42.5 Å². The minimum Gasteiger partial charge on any atom is -0.497 e. The Balaban J connectivity index is 1.64. The molecule has 0 aromatic heterocycles. The highest BCUT2D eigenvalue weighted by atomic mass is 16.5. The fraction of sp³-hybridized carbons (Fsp3) is 0.409. The van der Waals surface area contributed by atoms with E-state index in [9.17, 15) is 4.79 Å². The molecule has 1 aliphatic rings. The highest BCUT2D eigenvalue weighted by Crippen LogP contribution is 2.27. The summed E-state index contributed by atoms with van der Waals surface area (Å²) in [5.41, 5.74) is 4.16. The van der Waals surface area contributed by atoms with Crippen LogP contribution in [0, 0.1) is 6.92 Å². The van der Waals surface area contributed by atoms with Crippen LogP contribution < -0.4 is 4.74 Å². The lowest BCUT2D eigenvalue weighted by atomic mass is 9.99. The topological polar surface area (TPSA) is 42.0 Å². The lowest BCUT2D eigenvalue weighted by Crippen LogP contribution is -2.49. The van der Waals surface area contributed by atoms with Crippen molar-refractivity contribution in [3.63, 3.8) is 0 Å². The van der Waals surface area contributed by atoms with Gasteiger partial charge in [0.05, 0.1) is 13.7 Å². The fourth-order valence-corrected chi connectivity index (χ4v) is 3.46. The van der Waals surface area contributed by atoms with Crippen molar-refractivity contribution in [2.24, 2.45) is 0 Å². The lowest BCUT2D eigenvalue weighted by molar-refractivity contribution is 0.0594. The second-order valence-electron chi connectivity index (χ2n) is 6.88. The Bertz CT molecular complexity index is 766. The van der Waals surface area contributed by atoms with E-state index in [1.54, 1.807) is 14.2 Å².